The number of methoxy groups -OCH3 is 1. The minimum absolute atomic E-state index is 0.769. The molecule has 0 atom stereocenters. The van der Waals surface area contributed by atoms with Crippen LogP contribution in [0.2, 0.25) is 0 Å². The molecule has 0 fully saturated rings. The van der Waals surface area contributed by atoms with Gasteiger partial charge in [0.25, 0.3) is 0 Å². The molecule has 1 aromatic carbocycles. The number of para-hydroxylation sites is 2. The molecule has 0 bridgehead atoms. The summed E-state index contributed by atoms with van der Waals surface area (Å²) < 4.78 is 10.0. The Morgan fingerprint density at radius 1 is 1.20 bits per heavy atom. The van der Waals surface area contributed by atoms with Gasteiger partial charge in [0.15, 0.2) is 0 Å². The first-order valence-electron chi connectivity index (χ1n) is 2.85. The Balaban J connectivity index is 2.96. The van der Waals surface area contributed by atoms with Gasteiger partial charge in [-0.25, -0.2) is 0 Å². The molecule has 0 aliphatic carbocycles. The Labute approximate surface area is 72.0 Å². The van der Waals surface area contributed by atoms with Crippen molar-refractivity contribution < 1.29 is 28.9 Å². The first-order chi connectivity index (χ1) is 4.88. The fraction of sp³-hybridized carbons (Fsp3) is 0.143. The molecule has 0 saturated heterocycles. The zero-order valence-electron chi connectivity index (χ0n) is 5.63. The van der Waals surface area contributed by atoms with E-state index in [1.54, 1.807) is 27.9 Å². The Bertz CT molecular complexity index is 190. The van der Waals surface area contributed by atoms with E-state index >= 15 is 0 Å². The summed E-state index contributed by atoms with van der Waals surface area (Å²) in [6, 6.07) is 7.53. The van der Waals surface area contributed by atoms with Crippen LogP contribution >= 0.6 is 0 Å². The van der Waals surface area contributed by atoms with Crippen molar-refractivity contribution in [3.63, 3.8) is 0 Å². The molecule has 0 aromatic heterocycles. The summed E-state index contributed by atoms with van der Waals surface area (Å²) in [6.45, 7) is 0. The van der Waals surface area contributed by atoms with E-state index in [9.17, 15) is 0 Å². The van der Waals surface area contributed by atoms with Crippen LogP contribution in [-0.2, 0) is 20.8 Å². The van der Waals surface area contributed by atoms with Crippen molar-refractivity contribution >= 4 is 0 Å². The van der Waals surface area contributed by atoms with Gasteiger partial charge in [-0.15, -0.1) is 0 Å². The van der Waals surface area contributed by atoms with Gasteiger partial charge >= 0.3 is 71.8 Å². The molecule has 2 nitrogen and oxygen atoms in total. The van der Waals surface area contributed by atoms with Crippen LogP contribution in [0.3, 0.4) is 0 Å². The molecule has 51 valence electrons. The molecule has 1 rings (SSSR count). The van der Waals surface area contributed by atoms with Crippen LogP contribution in [-0.4, -0.2) is 7.11 Å². The van der Waals surface area contributed by atoms with Crippen molar-refractivity contribution in [1.82, 2.24) is 0 Å². The van der Waals surface area contributed by atoms with E-state index < -0.39 is 0 Å². The fourth-order valence-corrected chi connectivity index (χ4v) is 0.966. The van der Waals surface area contributed by atoms with Crippen LogP contribution in [0, 0.1) is 0 Å². The second-order valence-electron chi connectivity index (χ2n) is 1.75. The van der Waals surface area contributed by atoms with Gasteiger partial charge in [0.2, 0.25) is 0 Å². The number of hydrogen-bond donors (Lipinski definition) is 0. The van der Waals surface area contributed by atoms with E-state index in [2.05, 4.69) is 0 Å². The number of rotatable bonds is 2. The van der Waals surface area contributed by atoms with Crippen LogP contribution in [0.5, 0.6) is 11.5 Å². The molecule has 0 N–H and O–H groups in total. The summed E-state index contributed by atoms with van der Waals surface area (Å²) >= 11 is 1.62. The first-order valence-corrected chi connectivity index (χ1v) is 3.49. The molecule has 3 heteroatoms. The van der Waals surface area contributed by atoms with Crippen LogP contribution in [0.15, 0.2) is 24.3 Å². The van der Waals surface area contributed by atoms with E-state index in [1.807, 2.05) is 24.3 Å². The van der Waals surface area contributed by atoms with E-state index in [4.69, 9.17) is 8.06 Å². The summed E-state index contributed by atoms with van der Waals surface area (Å²) in [5.74, 6) is 1.54. The minimum atomic E-state index is 0.769. The van der Waals surface area contributed by atoms with Gasteiger partial charge in [0, 0.05) is 0 Å². The van der Waals surface area contributed by atoms with E-state index in [0.717, 1.165) is 11.5 Å². The van der Waals surface area contributed by atoms with Gasteiger partial charge in [0.1, 0.15) is 0 Å². The van der Waals surface area contributed by atoms with Gasteiger partial charge in [-0.2, -0.15) is 0 Å². The Hall–Kier alpha value is -0.466. The van der Waals surface area contributed by atoms with Crippen molar-refractivity contribution in [3.8, 4) is 11.5 Å². The van der Waals surface area contributed by atoms with Crippen LogP contribution < -0.4 is 8.06 Å². The molecular formula is C7H7O2Ti. The molecule has 10 heavy (non-hydrogen) atoms. The molecule has 0 heterocycles. The predicted molar refractivity (Wildman–Crippen MR) is 33.6 cm³/mol. The summed E-state index contributed by atoms with van der Waals surface area (Å²) in [5.41, 5.74) is 0. The monoisotopic (exact) mass is 171 g/mol. The van der Waals surface area contributed by atoms with Crippen molar-refractivity contribution in [3.05, 3.63) is 24.3 Å². The fourth-order valence-electron chi connectivity index (χ4n) is 0.703. The Morgan fingerprint density at radius 3 is 2.20 bits per heavy atom. The molecule has 0 amide bonds. The summed E-state index contributed by atoms with van der Waals surface area (Å²) in [7, 11) is 1.62. The van der Waals surface area contributed by atoms with E-state index in [-0.39, 0.29) is 0 Å². The molecule has 0 radical (unpaired) electrons. The second kappa shape index (κ2) is 3.64. The average molecular weight is 171 g/mol. The zero-order valence-corrected chi connectivity index (χ0v) is 7.19. The SMILES string of the molecule is COc1ccccc1[O][Ti]. The summed E-state index contributed by atoms with van der Waals surface area (Å²) in [6.07, 6.45) is 0. The Kier molecular flexibility index (Phi) is 2.78. The first kappa shape index (κ1) is 7.64. The maximum absolute atomic E-state index is 5.01. The second-order valence-corrected chi connectivity index (χ2v) is 2.07. The third-order valence-corrected chi connectivity index (χ3v) is 1.52. The van der Waals surface area contributed by atoms with Crippen molar-refractivity contribution in [2.24, 2.45) is 0 Å². The van der Waals surface area contributed by atoms with Crippen molar-refractivity contribution in [2.75, 3.05) is 7.11 Å². The standard InChI is InChI=1S/C7H8O2.Ti/c1-9-7-5-3-2-4-6(7)8;/h2-5,8H,1H3;/q;+1/p-1. The van der Waals surface area contributed by atoms with Crippen LogP contribution in [0.25, 0.3) is 0 Å². The maximum atomic E-state index is 5.01. The van der Waals surface area contributed by atoms with Gasteiger partial charge < -0.3 is 0 Å². The van der Waals surface area contributed by atoms with Gasteiger partial charge in [-0.3, -0.25) is 0 Å². The molecule has 0 unspecified atom stereocenters. The van der Waals surface area contributed by atoms with Crippen LogP contribution in [0.4, 0.5) is 0 Å². The van der Waals surface area contributed by atoms with E-state index in [0.29, 0.717) is 0 Å². The average Bonchev–Trinajstić information content (AvgIpc) is 2.04. The molecule has 1 aromatic rings. The number of ether oxygens (including phenoxy) is 1. The normalized spacial score (nSPS) is 8.80. The molecule has 0 aliphatic heterocycles. The number of benzene rings is 1. The zero-order chi connectivity index (χ0) is 7.40. The van der Waals surface area contributed by atoms with Crippen molar-refractivity contribution in [1.29, 1.82) is 0 Å². The quantitative estimate of drug-likeness (QED) is 0.628. The molecule has 0 spiro atoms. The molecule has 0 saturated carbocycles. The third kappa shape index (κ3) is 1.52. The van der Waals surface area contributed by atoms with Gasteiger partial charge in [0.05, 0.1) is 0 Å². The topological polar surface area (TPSA) is 18.5 Å². The third-order valence-electron chi connectivity index (χ3n) is 1.18. The molecular weight excluding hydrogens is 164 g/mol. The van der Waals surface area contributed by atoms with Gasteiger partial charge in [-0.05, 0) is 0 Å². The summed E-state index contributed by atoms with van der Waals surface area (Å²) in [5, 5.41) is 0. The van der Waals surface area contributed by atoms with Gasteiger partial charge in [-0.1, -0.05) is 0 Å². The summed E-state index contributed by atoms with van der Waals surface area (Å²) in [4.78, 5) is 0. The van der Waals surface area contributed by atoms with Crippen LogP contribution in [0.1, 0.15) is 0 Å². The predicted octanol–water partition coefficient (Wildman–Crippen LogP) is 1.54. The van der Waals surface area contributed by atoms with E-state index in [1.165, 1.54) is 0 Å². The van der Waals surface area contributed by atoms with Crippen molar-refractivity contribution in [2.45, 2.75) is 0 Å². The Morgan fingerprint density at radius 2 is 1.80 bits per heavy atom. The number of hydrogen-bond acceptors (Lipinski definition) is 2. The molecule has 0 aliphatic rings.